The van der Waals surface area contributed by atoms with Crippen LogP contribution in [-0.4, -0.2) is 64.9 Å². The standard InChI is InChI=1S/C15H25N5OS/c1-4-13-11-19(7-6-18(13)8-9-21-5-2)15-17-20-10-12(3)16-14(20)22-15/h10,13H,4-9,11H2,1-3H3/t13-/m1/s1. The van der Waals surface area contributed by atoms with E-state index < -0.39 is 0 Å². The number of imidazole rings is 1. The van der Waals surface area contributed by atoms with Gasteiger partial charge < -0.3 is 9.64 Å². The van der Waals surface area contributed by atoms with Crippen molar-refractivity contribution in [1.82, 2.24) is 19.5 Å². The second kappa shape index (κ2) is 6.93. The van der Waals surface area contributed by atoms with Crippen molar-refractivity contribution in [3.05, 3.63) is 11.9 Å². The molecule has 1 saturated heterocycles. The largest absolute Gasteiger partial charge is 0.380 e. The summed E-state index contributed by atoms with van der Waals surface area (Å²) in [6.45, 7) is 12.1. The quantitative estimate of drug-likeness (QED) is 0.761. The van der Waals surface area contributed by atoms with E-state index in [1.54, 1.807) is 11.3 Å². The van der Waals surface area contributed by atoms with Gasteiger partial charge in [0.1, 0.15) is 0 Å². The third-order valence-electron chi connectivity index (χ3n) is 4.23. The Morgan fingerprint density at radius 1 is 1.36 bits per heavy atom. The molecule has 0 bridgehead atoms. The maximum absolute atomic E-state index is 5.50. The van der Waals surface area contributed by atoms with E-state index in [0.29, 0.717) is 6.04 Å². The molecule has 0 N–H and O–H groups in total. The predicted octanol–water partition coefficient (Wildman–Crippen LogP) is 2.04. The normalized spacial score (nSPS) is 20.1. The molecule has 1 aliphatic rings. The number of hydrogen-bond acceptors (Lipinski definition) is 6. The van der Waals surface area contributed by atoms with Gasteiger partial charge in [-0.05, 0) is 20.3 Å². The smallest absolute Gasteiger partial charge is 0.214 e. The van der Waals surface area contributed by atoms with Crippen molar-refractivity contribution in [2.45, 2.75) is 33.2 Å². The van der Waals surface area contributed by atoms with Gasteiger partial charge >= 0.3 is 0 Å². The second-order valence-electron chi connectivity index (χ2n) is 5.74. The number of aryl methyl sites for hydroxylation is 1. The van der Waals surface area contributed by atoms with Gasteiger partial charge in [-0.25, -0.2) is 9.50 Å². The van der Waals surface area contributed by atoms with Crippen molar-refractivity contribution in [2.24, 2.45) is 0 Å². The summed E-state index contributed by atoms with van der Waals surface area (Å²) in [6, 6.07) is 0.576. The van der Waals surface area contributed by atoms with Gasteiger partial charge in [-0.2, -0.15) is 0 Å². The molecule has 0 unspecified atom stereocenters. The molecule has 1 aliphatic heterocycles. The highest BCUT2D eigenvalue weighted by atomic mass is 32.1. The van der Waals surface area contributed by atoms with Crippen molar-refractivity contribution >= 4 is 21.4 Å². The number of anilines is 1. The van der Waals surface area contributed by atoms with Gasteiger partial charge in [0.25, 0.3) is 0 Å². The predicted molar refractivity (Wildman–Crippen MR) is 90.0 cm³/mol. The molecule has 0 radical (unpaired) electrons. The Kier molecular flexibility index (Phi) is 4.95. The summed E-state index contributed by atoms with van der Waals surface area (Å²) in [4.78, 5) is 10.4. The molecule has 2 aromatic heterocycles. The first-order valence-electron chi connectivity index (χ1n) is 8.10. The van der Waals surface area contributed by atoms with E-state index in [-0.39, 0.29) is 0 Å². The van der Waals surface area contributed by atoms with Crippen LogP contribution in [-0.2, 0) is 4.74 Å². The number of piperazine rings is 1. The Balaban J connectivity index is 1.65. The molecule has 1 atom stereocenters. The zero-order valence-corrected chi connectivity index (χ0v) is 14.5. The number of nitrogens with zero attached hydrogens (tertiary/aromatic N) is 5. The van der Waals surface area contributed by atoms with Crippen LogP contribution >= 0.6 is 11.3 Å². The summed E-state index contributed by atoms with van der Waals surface area (Å²) in [7, 11) is 0. The van der Waals surface area contributed by atoms with E-state index in [4.69, 9.17) is 4.74 Å². The average molecular weight is 323 g/mol. The fourth-order valence-corrected chi connectivity index (χ4v) is 3.96. The van der Waals surface area contributed by atoms with Gasteiger partial charge in [0.05, 0.1) is 18.5 Å². The first-order chi connectivity index (χ1) is 10.7. The summed E-state index contributed by atoms with van der Waals surface area (Å²) in [5.74, 6) is 0. The van der Waals surface area contributed by atoms with E-state index in [1.165, 1.54) is 0 Å². The molecule has 6 nitrogen and oxygen atoms in total. The van der Waals surface area contributed by atoms with Crippen LogP contribution in [0.4, 0.5) is 5.13 Å². The van der Waals surface area contributed by atoms with E-state index in [0.717, 1.165) is 61.6 Å². The van der Waals surface area contributed by atoms with Gasteiger partial charge in [0.2, 0.25) is 10.1 Å². The molecule has 7 heteroatoms. The third kappa shape index (κ3) is 3.26. The maximum atomic E-state index is 5.50. The van der Waals surface area contributed by atoms with Crippen LogP contribution in [0.5, 0.6) is 0 Å². The zero-order chi connectivity index (χ0) is 15.5. The first kappa shape index (κ1) is 15.7. The molecule has 3 rings (SSSR count). The van der Waals surface area contributed by atoms with Crippen molar-refractivity contribution in [3.8, 4) is 0 Å². The van der Waals surface area contributed by atoms with Crippen LogP contribution in [0.25, 0.3) is 4.96 Å². The highest BCUT2D eigenvalue weighted by Crippen LogP contribution is 2.26. The molecule has 2 aromatic rings. The first-order valence-corrected chi connectivity index (χ1v) is 8.92. The van der Waals surface area contributed by atoms with Crippen LogP contribution in [0.3, 0.4) is 0 Å². The van der Waals surface area contributed by atoms with Gasteiger partial charge in [-0.1, -0.05) is 18.3 Å². The van der Waals surface area contributed by atoms with E-state index in [1.807, 2.05) is 17.6 Å². The zero-order valence-electron chi connectivity index (χ0n) is 13.7. The average Bonchev–Trinajstić information content (AvgIpc) is 3.05. The Labute approximate surface area is 135 Å². The van der Waals surface area contributed by atoms with Crippen LogP contribution in [0.2, 0.25) is 0 Å². The maximum Gasteiger partial charge on any atom is 0.214 e. The molecule has 0 aliphatic carbocycles. The number of ether oxygens (including phenoxy) is 1. The van der Waals surface area contributed by atoms with Crippen LogP contribution in [0, 0.1) is 6.92 Å². The third-order valence-corrected chi connectivity index (χ3v) is 5.21. The number of rotatable bonds is 6. The molecule has 22 heavy (non-hydrogen) atoms. The second-order valence-corrected chi connectivity index (χ2v) is 6.67. The fourth-order valence-electron chi connectivity index (χ4n) is 3.00. The van der Waals surface area contributed by atoms with E-state index >= 15 is 0 Å². The lowest BCUT2D eigenvalue weighted by Crippen LogP contribution is -2.53. The molecule has 1 fully saturated rings. The van der Waals surface area contributed by atoms with Gasteiger partial charge in [0, 0.05) is 38.8 Å². The molecule has 122 valence electrons. The lowest BCUT2D eigenvalue weighted by molar-refractivity contribution is 0.0870. The van der Waals surface area contributed by atoms with Gasteiger partial charge in [-0.3, -0.25) is 4.90 Å². The van der Waals surface area contributed by atoms with Crippen molar-refractivity contribution in [1.29, 1.82) is 0 Å². The number of aromatic nitrogens is 3. The van der Waals surface area contributed by atoms with Crippen LogP contribution < -0.4 is 4.90 Å². The Bertz CT molecular complexity index is 579. The van der Waals surface area contributed by atoms with Crippen molar-refractivity contribution in [2.75, 3.05) is 44.3 Å². The fraction of sp³-hybridized carbons (Fsp3) is 0.733. The van der Waals surface area contributed by atoms with Crippen LogP contribution in [0.15, 0.2) is 6.20 Å². The van der Waals surface area contributed by atoms with Gasteiger partial charge in [-0.15, -0.1) is 5.10 Å². The summed E-state index contributed by atoms with van der Waals surface area (Å²) >= 11 is 1.68. The van der Waals surface area contributed by atoms with E-state index in [2.05, 4.69) is 33.7 Å². The monoisotopic (exact) mass is 323 g/mol. The Morgan fingerprint density at radius 3 is 2.95 bits per heavy atom. The van der Waals surface area contributed by atoms with E-state index in [9.17, 15) is 0 Å². The van der Waals surface area contributed by atoms with Gasteiger partial charge in [0.15, 0.2) is 0 Å². The minimum Gasteiger partial charge on any atom is -0.380 e. The lowest BCUT2D eigenvalue weighted by Gasteiger charge is -2.40. The number of fused-ring (bicyclic) bond motifs is 1. The molecule has 0 aromatic carbocycles. The van der Waals surface area contributed by atoms with Crippen LogP contribution in [0.1, 0.15) is 26.0 Å². The van der Waals surface area contributed by atoms with Crippen molar-refractivity contribution in [3.63, 3.8) is 0 Å². The molecule has 0 amide bonds. The van der Waals surface area contributed by atoms with Crippen molar-refractivity contribution < 1.29 is 4.74 Å². The summed E-state index contributed by atoms with van der Waals surface area (Å²) < 4.78 is 7.40. The summed E-state index contributed by atoms with van der Waals surface area (Å²) in [6.07, 6.45) is 3.15. The highest BCUT2D eigenvalue weighted by molar-refractivity contribution is 7.20. The molecular weight excluding hydrogens is 298 g/mol. The summed E-state index contributed by atoms with van der Waals surface area (Å²) in [5, 5.41) is 5.77. The molecular formula is C15H25N5OS. The minimum absolute atomic E-state index is 0.576. The Morgan fingerprint density at radius 2 is 2.23 bits per heavy atom. The molecule has 3 heterocycles. The minimum atomic E-state index is 0.576. The number of hydrogen-bond donors (Lipinski definition) is 0. The topological polar surface area (TPSA) is 45.9 Å². The molecule has 0 saturated carbocycles. The highest BCUT2D eigenvalue weighted by Gasteiger charge is 2.27. The lowest BCUT2D eigenvalue weighted by atomic mass is 10.1. The SMILES string of the molecule is CCOCCN1CCN(c2nn3cc(C)nc3s2)C[C@H]1CC. The molecule has 0 spiro atoms. The Hall–Kier alpha value is -1.18. The summed E-state index contributed by atoms with van der Waals surface area (Å²) in [5.41, 5.74) is 1.03.